The van der Waals surface area contributed by atoms with Crippen LogP contribution in [0, 0.1) is 5.92 Å². The van der Waals surface area contributed by atoms with Crippen LogP contribution in [0.25, 0.3) is 0 Å². The van der Waals surface area contributed by atoms with Gasteiger partial charge in [0.2, 0.25) is 0 Å². The van der Waals surface area contributed by atoms with Gasteiger partial charge in [-0.2, -0.15) is 0 Å². The zero-order chi connectivity index (χ0) is 11.0. The van der Waals surface area contributed by atoms with Gasteiger partial charge in [-0.15, -0.1) is 0 Å². The molecule has 0 aliphatic carbocycles. The van der Waals surface area contributed by atoms with Crippen molar-refractivity contribution >= 4 is 11.8 Å². The van der Waals surface area contributed by atoms with Gasteiger partial charge in [0.1, 0.15) is 5.78 Å². The SMILES string of the molecule is CCCCC(=O)CCCC(C)C(=O)O. The molecule has 82 valence electrons. The molecule has 1 N–H and O–H groups in total. The molecule has 1 atom stereocenters. The first-order valence-electron chi connectivity index (χ1n) is 5.32. The van der Waals surface area contributed by atoms with Gasteiger partial charge < -0.3 is 5.11 Å². The van der Waals surface area contributed by atoms with Crippen LogP contribution in [0.3, 0.4) is 0 Å². The second kappa shape index (κ2) is 7.54. The van der Waals surface area contributed by atoms with Crippen LogP contribution in [-0.2, 0) is 9.59 Å². The lowest BCUT2D eigenvalue weighted by Crippen LogP contribution is -2.09. The van der Waals surface area contributed by atoms with Gasteiger partial charge in [-0.1, -0.05) is 20.3 Å². The minimum atomic E-state index is -0.772. The van der Waals surface area contributed by atoms with Crippen LogP contribution in [-0.4, -0.2) is 16.9 Å². The number of hydrogen-bond acceptors (Lipinski definition) is 2. The number of unbranched alkanes of at least 4 members (excludes halogenated alkanes) is 1. The maximum atomic E-state index is 11.2. The number of carbonyl (C=O) groups excluding carboxylic acids is 1. The number of carbonyl (C=O) groups is 2. The van der Waals surface area contributed by atoms with Crippen molar-refractivity contribution in [2.45, 2.75) is 52.4 Å². The highest BCUT2D eigenvalue weighted by molar-refractivity contribution is 5.78. The van der Waals surface area contributed by atoms with Crippen molar-refractivity contribution in [1.82, 2.24) is 0 Å². The molecular formula is C11H20O3. The highest BCUT2D eigenvalue weighted by atomic mass is 16.4. The van der Waals surface area contributed by atoms with E-state index in [-0.39, 0.29) is 11.7 Å². The van der Waals surface area contributed by atoms with Crippen LogP contribution in [0.2, 0.25) is 0 Å². The lowest BCUT2D eigenvalue weighted by Gasteiger charge is -2.04. The van der Waals surface area contributed by atoms with Gasteiger partial charge in [-0.05, 0) is 19.3 Å². The maximum absolute atomic E-state index is 11.2. The van der Waals surface area contributed by atoms with E-state index in [2.05, 4.69) is 6.92 Å². The molecule has 0 rings (SSSR count). The van der Waals surface area contributed by atoms with Crippen LogP contribution < -0.4 is 0 Å². The second-order valence-electron chi connectivity index (χ2n) is 3.77. The number of aliphatic carboxylic acids is 1. The number of ketones is 1. The number of rotatable bonds is 8. The van der Waals surface area contributed by atoms with Gasteiger partial charge in [0.05, 0.1) is 5.92 Å². The fourth-order valence-electron chi connectivity index (χ4n) is 1.23. The van der Waals surface area contributed by atoms with Crippen molar-refractivity contribution in [1.29, 1.82) is 0 Å². The first-order valence-corrected chi connectivity index (χ1v) is 5.32. The molecule has 0 aromatic heterocycles. The van der Waals surface area contributed by atoms with E-state index in [0.29, 0.717) is 25.7 Å². The molecule has 0 bridgehead atoms. The molecule has 0 amide bonds. The standard InChI is InChI=1S/C11H20O3/c1-3-4-7-10(12)8-5-6-9(2)11(13)14/h9H,3-8H2,1-2H3,(H,13,14). The normalized spacial score (nSPS) is 12.4. The predicted molar refractivity (Wildman–Crippen MR) is 55.2 cm³/mol. The van der Waals surface area contributed by atoms with Crippen molar-refractivity contribution in [2.24, 2.45) is 5.92 Å². The molecule has 0 heterocycles. The van der Waals surface area contributed by atoms with Crippen LogP contribution in [0.1, 0.15) is 52.4 Å². The predicted octanol–water partition coefficient (Wildman–Crippen LogP) is 2.64. The van der Waals surface area contributed by atoms with Crippen molar-refractivity contribution in [3.63, 3.8) is 0 Å². The highest BCUT2D eigenvalue weighted by Crippen LogP contribution is 2.09. The summed E-state index contributed by atoms with van der Waals surface area (Å²) in [7, 11) is 0. The number of hydrogen-bond donors (Lipinski definition) is 1. The quantitative estimate of drug-likeness (QED) is 0.655. The molecule has 0 saturated carbocycles. The third-order valence-electron chi connectivity index (χ3n) is 2.32. The molecule has 3 heteroatoms. The van der Waals surface area contributed by atoms with Crippen LogP contribution in [0.4, 0.5) is 0 Å². The Labute approximate surface area is 85.5 Å². The van der Waals surface area contributed by atoms with Crippen LogP contribution in [0.15, 0.2) is 0 Å². The zero-order valence-electron chi connectivity index (χ0n) is 9.08. The average molecular weight is 200 g/mol. The minimum Gasteiger partial charge on any atom is -0.481 e. The summed E-state index contributed by atoms with van der Waals surface area (Å²) in [4.78, 5) is 21.7. The molecule has 0 aromatic rings. The van der Waals surface area contributed by atoms with Crippen molar-refractivity contribution < 1.29 is 14.7 Å². The van der Waals surface area contributed by atoms with E-state index in [1.807, 2.05) is 0 Å². The number of Topliss-reactive ketones (excluding diaryl/α,β-unsaturated/α-hetero) is 1. The number of carboxylic acid groups (broad SMARTS) is 1. The van der Waals surface area contributed by atoms with Gasteiger partial charge in [0, 0.05) is 12.8 Å². The molecular weight excluding hydrogens is 180 g/mol. The third kappa shape index (κ3) is 6.63. The Bertz CT molecular complexity index is 187. The molecule has 0 aromatic carbocycles. The molecule has 0 saturated heterocycles. The van der Waals surface area contributed by atoms with Crippen molar-refractivity contribution in [2.75, 3.05) is 0 Å². The van der Waals surface area contributed by atoms with Gasteiger partial charge in [-0.25, -0.2) is 0 Å². The molecule has 0 aliphatic rings. The maximum Gasteiger partial charge on any atom is 0.306 e. The van der Waals surface area contributed by atoms with Crippen molar-refractivity contribution in [3.8, 4) is 0 Å². The molecule has 0 spiro atoms. The first-order chi connectivity index (χ1) is 6.57. The summed E-state index contributed by atoms with van der Waals surface area (Å²) in [5.41, 5.74) is 0. The van der Waals surface area contributed by atoms with Crippen LogP contribution in [0.5, 0.6) is 0 Å². The molecule has 14 heavy (non-hydrogen) atoms. The van der Waals surface area contributed by atoms with E-state index in [9.17, 15) is 9.59 Å². The lowest BCUT2D eigenvalue weighted by atomic mass is 10.0. The third-order valence-corrected chi connectivity index (χ3v) is 2.32. The van der Waals surface area contributed by atoms with E-state index in [4.69, 9.17) is 5.11 Å². The minimum absolute atomic E-state index is 0.268. The summed E-state index contributed by atoms with van der Waals surface area (Å²) in [6.45, 7) is 3.73. The zero-order valence-corrected chi connectivity index (χ0v) is 9.08. The molecule has 1 unspecified atom stereocenters. The van der Waals surface area contributed by atoms with Gasteiger partial charge in [-0.3, -0.25) is 9.59 Å². The van der Waals surface area contributed by atoms with E-state index in [1.54, 1.807) is 6.92 Å². The van der Waals surface area contributed by atoms with Gasteiger partial charge in [0.15, 0.2) is 0 Å². The summed E-state index contributed by atoms with van der Waals surface area (Å²) in [6.07, 6.45) is 4.49. The lowest BCUT2D eigenvalue weighted by molar-refractivity contribution is -0.141. The Kier molecular flexibility index (Phi) is 7.07. The Balaban J connectivity index is 3.44. The topological polar surface area (TPSA) is 54.4 Å². The largest absolute Gasteiger partial charge is 0.481 e. The Morgan fingerprint density at radius 1 is 1.21 bits per heavy atom. The monoisotopic (exact) mass is 200 g/mol. The smallest absolute Gasteiger partial charge is 0.306 e. The summed E-state index contributed by atoms with van der Waals surface area (Å²) >= 11 is 0. The molecule has 0 fully saturated rings. The summed E-state index contributed by atoms with van der Waals surface area (Å²) in [5, 5.41) is 8.60. The van der Waals surface area contributed by atoms with E-state index in [0.717, 1.165) is 12.8 Å². The molecule has 0 radical (unpaired) electrons. The van der Waals surface area contributed by atoms with E-state index in [1.165, 1.54) is 0 Å². The van der Waals surface area contributed by atoms with Crippen LogP contribution >= 0.6 is 0 Å². The second-order valence-corrected chi connectivity index (χ2v) is 3.77. The van der Waals surface area contributed by atoms with Gasteiger partial charge >= 0.3 is 5.97 Å². The summed E-state index contributed by atoms with van der Waals surface area (Å²) < 4.78 is 0. The first kappa shape index (κ1) is 13.1. The Morgan fingerprint density at radius 3 is 2.29 bits per heavy atom. The van der Waals surface area contributed by atoms with Crippen molar-refractivity contribution in [3.05, 3.63) is 0 Å². The fraction of sp³-hybridized carbons (Fsp3) is 0.818. The van der Waals surface area contributed by atoms with E-state index >= 15 is 0 Å². The Hall–Kier alpha value is -0.860. The average Bonchev–Trinajstić information content (AvgIpc) is 2.14. The summed E-state index contributed by atoms with van der Waals surface area (Å²) in [6, 6.07) is 0. The Morgan fingerprint density at radius 2 is 1.79 bits per heavy atom. The highest BCUT2D eigenvalue weighted by Gasteiger charge is 2.10. The van der Waals surface area contributed by atoms with Gasteiger partial charge in [0.25, 0.3) is 0 Å². The fourth-order valence-corrected chi connectivity index (χ4v) is 1.23. The summed E-state index contributed by atoms with van der Waals surface area (Å²) in [5.74, 6) is -0.829. The molecule has 0 aliphatic heterocycles. The van der Waals surface area contributed by atoms with E-state index < -0.39 is 5.97 Å². The number of carboxylic acids is 1. The molecule has 3 nitrogen and oxygen atoms in total.